The number of ether oxygens (including phenoxy) is 1. The molecule has 6 heteroatoms. The Morgan fingerprint density at radius 3 is 2.77 bits per heavy atom. The Kier molecular flexibility index (Phi) is 4.11. The van der Waals surface area contributed by atoms with E-state index in [1.54, 1.807) is 6.07 Å². The number of nitrogens with zero attached hydrogens (tertiary/aromatic N) is 2. The van der Waals surface area contributed by atoms with Crippen LogP contribution in [-0.4, -0.2) is 37.4 Å². The third-order valence-electron chi connectivity index (χ3n) is 3.69. The van der Waals surface area contributed by atoms with Crippen LogP contribution in [-0.2, 0) is 4.74 Å². The van der Waals surface area contributed by atoms with Crippen LogP contribution in [0.1, 0.15) is 21.6 Å². The van der Waals surface area contributed by atoms with Crippen LogP contribution in [0.15, 0.2) is 28.8 Å². The van der Waals surface area contributed by atoms with Gasteiger partial charge in [0.05, 0.1) is 13.2 Å². The fourth-order valence-electron chi connectivity index (χ4n) is 2.36. The minimum atomic E-state index is -0.267. The van der Waals surface area contributed by atoms with Crippen LogP contribution in [0.3, 0.4) is 0 Å². The third-order valence-corrected chi connectivity index (χ3v) is 3.69. The van der Waals surface area contributed by atoms with Crippen LogP contribution in [0.5, 0.6) is 0 Å². The molecule has 116 valence electrons. The lowest BCUT2D eigenvalue weighted by molar-refractivity contribution is 0.101. The normalized spacial score (nSPS) is 14.9. The molecule has 3 rings (SSSR count). The molecule has 2 heterocycles. The van der Waals surface area contributed by atoms with Gasteiger partial charge >= 0.3 is 0 Å². The first kappa shape index (κ1) is 14.6. The highest BCUT2D eigenvalue weighted by Crippen LogP contribution is 2.20. The fourth-order valence-corrected chi connectivity index (χ4v) is 2.36. The Labute approximate surface area is 129 Å². The fraction of sp³-hybridized carbons (Fsp3) is 0.375. The van der Waals surface area contributed by atoms with Crippen molar-refractivity contribution < 1.29 is 14.1 Å². The lowest BCUT2D eigenvalue weighted by Crippen LogP contribution is -2.35. The molecule has 1 N–H and O–H groups in total. The first-order valence-corrected chi connectivity index (χ1v) is 7.31. The van der Waals surface area contributed by atoms with Crippen molar-refractivity contribution in [3.63, 3.8) is 0 Å². The van der Waals surface area contributed by atoms with Gasteiger partial charge in [0.25, 0.3) is 5.91 Å². The smallest absolute Gasteiger partial charge is 0.277 e. The number of rotatable bonds is 3. The Hall–Kier alpha value is -2.34. The van der Waals surface area contributed by atoms with Gasteiger partial charge < -0.3 is 19.5 Å². The number of benzene rings is 1. The second-order valence-electron chi connectivity index (χ2n) is 5.42. The summed E-state index contributed by atoms with van der Waals surface area (Å²) in [5, 5.41) is 6.75. The molecule has 6 nitrogen and oxygen atoms in total. The molecule has 0 saturated carbocycles. The summed E-state index contributed by atoms with van der Waals surface area (Å²) in [5.41, 5.74) is 3.18. The van der Waals surface area contributed by atoms with Gasteiger partial charge in [-0.15, -0.1) is 0 Å². The molecule has 0 spiro atoms. The molecule has 2 aromatic rings. The van der Waals surface area contributed by atoms with Crippen LogP contribution >= 0.6 is 0 Å². The minimum absolute atomic E-state index is 0.267. The SMILES string of the molecule is Cc1ccc(C)c(NC(=O)c2cc(N3CCOCC3)on2)c1. The van der Waals surface area contributed by atoms with Crippen LogP contribution in [0.4, 0.5) is 11.6 Å². The molecule has 1 aromatic heterocycles. The third kappa shape index (κ3) is 3.12. The van der Waals surface area contributed by atoms with Gasteiger partial charge in [0.15, 0.2) is 5.69 Å². The molecule has 1 aliphatic heterocycles. The number of amides is 1. The van der Waals surface area contributed by atoms with Crippen molar-refractivity contribution >= 4 is 17.5 Å². The van der Waals surface area contributed by atoms with Crippen molar-refractivity contribution in [1.29, 1.82) is 0 Å². The maximum Gasteiger partial charge on any atom is 0.277 e. The molecule has 1 saturated heterocycles. The molecule has 1 aliphatic rings. The molecular formula is C16H19N3O3. The number of carbonyl (C=O) groups excluding carboxylic acids is 1. The number of hydrogen-bond donors (Lipinski definition) is 1. The van der Waals surface area contributed by atoms with E-state index < -0.39 is 0 Å². The van der Waals surface area contributed by atoms with E-state index in [9.17, 15) is 4.79 Å². The first-order chi connectivity index (χ1) is 10.6. The van der Waals surface area contributed by atoms with Gasteiger partial charge in [-0.1, -0.05) is 17.3 Å². The Morgan fingerprint density at radius 2 is 2.00 bits per heavy atom. The quantitative estimate of drug-likeness (QED) is 0.942. The maximum atomic E-state index is 12.3. The van der Waals surface area contributed by atoms with E-state index in [0.717, 1.165) is 29.9 Å². The van der Waals surface area contributed by atoms with E-state index in [0.29, 0.717) is 19.1 Å². The summed E-state index contributed by atoms with van der Waals surface area (Å²) < 4.78 is 10.6. The summed E-state index contributed by atoms with van der Waals surface area (Å²) >= 11 is 0. The van der Waals surface area contributed by atoms with Crippen molar-refractivity contribution in [2.24, 2.45) is 0 Å². The summed E-state index contributed by atoms with van der Waals surface area (Å²) in [6.45, 7) is 6.74. The largest absolute Gasteiger partial charge is 0.378 e. The number of aryl methyl sites for hydroxylation is 2. The van der Waals surface area contributed by atoms with Crippen molar-refractivity contribution in [2.45, 2.75) is 13.8 Å². The molecule has 0 bridgehead atoms. The van der Waals surface area contributed by atoms with E-state index >= 15 is 0 Å². The predicted molar refractivity (Wildman–Crippen MR) is 83.4 cm³/mol. The second kappa shape index (κ2) is 6.19. The van der Waals surface area contributed by atoms with E-state index in [4.69, 9.17) is 9.26 Å². The van der Waals surface area contributed by atoms with E-state index in [2.05, 4.69) is 10.5 Å². The van der Waals surface area contributed by atoms with Gasteiger partial charge in [0.2, 0.25) is 5.88 Å². The second-order valence-corrected chi connectivity index (χ2v) is 5.42. The van der Waals surface area contributed by atoms with Crippen LogP contribution in [0, 0.1) is 13.8 Å². The van der Waals surface area contributed by atoms with Gasteiger partial charge in [0.1, 0.15) is 0 Å². The summed E-state index contributed by atoms with van der Waals surface area (Å²) in [6.07, 6.45) is 0. The molecule has 0 aliphatic carbocycles. The topological polar surface area (TPSA) is 67.6 Å². The zero-order valence-electron chi connectivity index (χ0n) is 12.8. The van der Waals surface area contributed by atoms with Gasteiger partial charge in [-0.3, -0.25) is 4.79 Å². The molecular weight excluding hydrogens is 282 g/mol. The number of morpholine rings is 1. The van der Waals surface area contributed by atoms with Crippen molar-refractivity contribution in [2.75, 3.05) is 36.5 Å². The van der Waals surface area contributed by atoms with E-state index in [1.165, 1.54) is 0 Å². The highest BCUT2D eigenvalue weighted by molar-refractivity contribution is 6.03. The minimum Gasteiger partial charge on any atom is -0.378 e. The zero-order chi connectivity index (χ0) is 15.5. The van der Waals surface area contributed by atoms with Gasteiger partial charge in [-0.2, -0.15) is 0 Å². The van der Waals surface area contributed by atoms with E-state index in [-0.39, 0.29) is 11.6 Å². The van der Waals surface area contributed by atoms with Gasteiger partial charge in [-0.25, -0.2) is 0 Å². The lowest BCUT2D eigenvalue weighted by atomic mass is 10.1. The standard InChI is InChI=1S/C16H19N3O3/c1-11-3-4-12(2)13(9-11)17-16(20)14-10-15(22-18-14)19-5-7-21-8-6-19/h3-4,9-10H,5-8H2,1-2H3,(H,17,20). The zero-order valence-corrected chi connectivity index (χ0v) is 12.8. The molecule has 0 unspecified atom stereocenters. The van der Waals surface area contributed by atoms with Crippen molar-refractivity contribution in [3.8, 4) is 0 Å². The maximum absolute atomic E-state index is 12.3. The van der Waals surface area contributed by atoms with Crippen LogP contribution in [0.2, 0.25) is 0 Å². The Morgan fingerprint density at radius 1 is 1.23 bits per heavy atom. The number of nitrogens with one attached hydrogen (secondary N) is 1. The predicted octanol–water partition coefficient (Wildman–Crippen LogP) is 2.38. The van der Waals surface area contributed by atoms with E-state index in [1.807, 2.05) is 36.9 Å². The van der Waals surface area contributed by atoms with Gasteiger partial charge in [0, 0.05) is 24.8 Å². The summed E-state index contributed by atoms with van der Waals surface area (Å²) in [7, 11) is 0. The number of anilines is 2. The first-order valence-electron chi connectivity index (χ1n) is 7.31. The number of carbonyl (C=O) groups is 1. The Balaban J connectivity index is 1.72. The summed E-state index contributed by atoms with van der Waals surface area (Å²) in [4.78, 5) is 14.3. The average molecular weight is 301 g/mol. The Bertz CT molecular complexity index is 675. The molecule has 0 radical (unpaired) electrons. The van der Waals surface area contributed by atoms with Gasteiger partial charge in [-0.05, 0) is 31.0 Å². The number of hydrogen-bond acceptors (Lipinski definition) is 5. The molecule has 0 atom stereocenters. The monoisotopic (exact) mass is 301 g/mol. The van der Waals surface area contributed by atoms with Crippen molar-refractivity contribution in [3.05, 3.63) is 41.1 Å². The highest BCUT2D eigenvalue weighted by atomic mass is 16.5. The summed E-state index contributed by atoms with van der Waals surface area (Å²) in [5.74, 6) is 0.339. The molecule has 1 fully saturated rings. The molecule has 1 amide bonds. The number of aromatic nitrogens is 1. The van der Waals surface area contributed by atoms with Crippen molar-refractivity contribution in [1.82, 2.24) is 5.16 Å². The molecule has 22 heavy (non-hydrogen) atoms. The summed E-state index contributed by atoms with van der Waals surface area (Å²) in [6, 6.07) is 7.60. The van der Waals surface area contributed by atoms with Crippen LogP contribution < -0.4 is 10.2 Å². The lowest BCUT2D eigenvalue weighted by Gasteiger charge is -2.25. The highest BCUT2D eigenvalue weighted by Gasteiger charge is 2.19. The molecule has 1 aromatic carbocycles. The van der Waals surface area contributed by atoms with Crippen LogP contribution in [0.25, 0.3) is 0 Å². The average Bonchev–Trinajstić information content (AvgIpc) is 3.02.